The van der Waals surface area contributed by atoms with E-state index >= 15 is 0 Å². The molecule has 6 nitrogen and oxygen atoms in total. The molecule has 0 unspecified atom stereocenters. The van der Waals surface area contributed by atoms with E-state index in [-0.39, 0.29) is 24.0 Å². The third-order valence-electron chi connectivity index (χ3n) is 4.18. The molecule has 0 radical (unpaired) electrons. The molecular weight excluding hydrogens is 451 g/mol. The lowest BCUT2D eigenvalue weighted by Gasteiger charge is -2.12. The number of rotatable bonds is 6. The van der Waals surface area contributed by atoms with Crippen molar-refractivity contribution in [2.24, 2.45) is 4.99 Å². The Hall–Kier alpha value is -2.42. The molecule has 0 atom stereocenters. The first kappa shape index (κ1) is 20.9. The van der Waals surface area contributed by atoms with E-state index in [1.165, 1.54) is 11.1 Å². The standard InChI is InChI=1S/C20H24N6.HI/c1-16-5-3-11-22-19(16)15-24-20(21-2)23-13-10-17-6-8-18(9-7-17)26-14-4-12-25-26;/h3-9,11-12,14H,10,13,15H2,1-2H3,(H2,21,23,24);1H. The van der Waals surface area contributed by atoms with E-state index in [4.69, 9.17) is 0 Å². The topological polar surface area (TPSA) is 67.1 Å². The van der Waals surface area contributed by atoms with Crippen LogP contribution < -0.4 is 10.6 Å². The molecule has 0 bridgehead atoms. The van der Waals surface area contributed by atoms with Gasteiger partial charge in [0.1, 0.15) is 0 Å². The number of hydrogen-bond donors (Lipinski definition) is 2. The minimum atomic E-state index is 0. The Morgan fingerprint density at radius 2 is 1.89 bits per heavy atom. The van der Waals surface area contributed by atoms with Crippen molar-refractivity contribution in [2.45, 2.75) is 19.9 Å². The van der Waals surface area contributed by atoms with Gasteiger partial charge in [-0.15, -0.1) is 24.0 Å². The van der Waals surface area contributed by atoms with E-state index in [1.807, 2.05) is 29.2 Å². The molecule has 3 rings (SSSR count). The van der Waals surface area contributed by atoms with Gasteiger partial charge in [0.15, 0.2) is 5.96 Å². The number of hydrogen-bond acceptors (Lipinski definition) is 3. The number of aromatic nitrogens is 3. The monoisotopic (exact) mass is 476 g/mol. The van der Waals surface area contributed by atoms with Crippen LogP contribution in [0.1, 0.15) is 16.8 Å². The molecule has 3 aromatic rings. The number of nitrogens with one attached hydrogen (secondary N) is 2. The lowest BCUT2D eigenvalue weighted by molar-refractivity contribution is 0.779. The Morgan fingerprint density at radius 3 is 2.56 bits per heavy atom. The summed E-state index contributed by atoms with van der Waals surface area (Å²) in [5.74, 6) is 0.781. The second-order valence-corrected chi connectivity index (χ2v) is 5.99. The fourth-order valence-corrected chi connectivity index (χ4v) is 2.65. The van der Waals surface area contributed by atoms with Gasteiger partial charge in [-0.05, 0) is 48.7 Å². The van der Waals surface area contributed by atoms with Crippen LogP contribution in [0.25, 0.3) is 5.69 Å². The van der Waals surface area contributed by atoms with Gasteiger partial charge in [0.2, 0.25) is 0 Å². The molecule has 0 amide bonds. The maximum absolute atomic E-state index is 4.39. The Balaban J connectivity index is 0.00000261. The van der Waals surface area contributed by atoms with Crippen LogP contribution in [0.3, 0.4) is 0 Å². The molecule has 27 heavy (non-hydrogen) atoms. The van der Waals surface area contributed by atoms with Crippen molar-refractivity contribution in [1.29, 1.82) is 0 Å². The van der Waals surface area contributed by atoms with Crippen molar-refractivity contribution in [3.63, 3.8) is 0 Å². The van der Waals surface area contributed by atoms with Gasteiger partial charge in [0, 0.05) is 32.2 Å². The van der Waals surface area contributed by atoms with Gasteiger partial charge in [-0.1, -0.05) is 18.2 Å². The third kappa shape index (κ3) is 6.06. The molecule has 2 N–H and O–H groups in total. The van der Waals surface area contributed by atoms with Gasteiger partial charge < -0.3 is 10.6 Å². The predicted octanol–water partition coefficient (Wildman–Crippen LogP) is 3.10. The van der Waals surface area contributed by atoms with Crippen molar-refractivity contribution in [3.8, 4) is 5.69 Å². The molecule has 7 heteroatoms. The van der Waals surface area contributed by atoms with Crippen LogP contribution in [0.5, 0.6) is 0 Å². The second kappa shape index (κ2) is 10.7. The maximum atomic E-state index is 4.39. The van der Waals surface area contributed by atoms with Crippen LogP contribution in [-0.4, -0.2) is 34.3 Å². The van der Waals surface area contributed by atoms with Crippen LogP contribution in [0.2, 0.25) is 0 Å². The van der Waals surface area contributed by atoms with Crippen molar-refractivity contribution in [2.75, 3.05) is 13.6 Å². The van der Waals surface area contributed by atoms with E-state index in [9.17, 15) is 0 Å². The first-order valence-electron chi connectivity index (χ1n) is 8.70. The molecule has 0 saturated heterocycles. The Labute approximate surface area is 177 Å². The molecule has 0 fully saturated rings. The highest BCUT2D eigenvalue weighted by Crippen LogP contribution is 2.08. The summed E-state index contributed by atoms with van der Waals surface area (Å²) < 4.78 is 1.85. The molecule has 0 saturated carbocycles. The molecule has 0 aliphatic heterocycles. The molecule has 0 spiro atoms. The molecule has 2 heterocycles. The van der Waals surface area contributed by atoms with Gasteiger partial charge >= 0.3 is 0 Å². The summed E-state index contributed by atoms with van der Waals surface area (Å²) in [5, 5.41) is 10.9. The summed E-state index contributed by atoms with van der Waals surface area (Å²) in [5.41, 5.74) is 4.54. The van der Waals surface area contributed by atoms with Crippen molar-refractivity contribution >= 4 is 29.9 Å². The van der Waals surface area contributed by atoms with Gasteiger partial charge in [-0.2, -0.15) is 5.10 Å². The molecule has 2 aromatic heterocycles. The molecule has 0 aliphatic carbocycles. The summed E-state index contributed by atoms with van der Waals surface area (Å²) in [7, 11) is 1.78. The van der Waals surface area contributed by atoms with Crippen molar-refractivity contribution in [3.05, 3.63) is 77.9 Å². The van der Waals surface area contributed by atoms with E-state index < -0.39 is 0 Å². The predicted molar refractivity (Wildman–Crippen MR) is 120 cm³/mol. The van der Waals surface area contributed by atoms with Crippen LogP contribution in [0, 0.1) is 6.92 Å². The minimum Gasteiger partial charge on any atom is -0.356 e. The quantitative estimate of drug-likeness (QED) is 0.326. The van der Waals surface area contributed by atoms with Crippen molar-refractivity contribution < 1.29 is 0 Å². The summed E-state index contributed by atoms with van der Waals surface area (Å²) in [6, 6.07) is 14.4. The molecule has 1 aromatic carbocycles. The van der Waals surface area contributed by atoms with Crippen LogP contribution in [-0.2, 0) is 13.0 Å². The van der Waals surface area contributed by atoms with Crippen LogP contribution in [0.15, 0.2) is 66.0 Å². The smallest absolute Gasteiger partial charge is 0.191 e. The average molecular weight is 476 g/mol. The number of halogens is 1. The third-order valence-corrected chi connectivity index (χ3v) is 4.18. The fraction of sp³-hybridized carbons (Fsp3) is 0.250. The highest BCUT2D eigenvalue weighted by atomic mass is 127. The van der Waals surface area contributed by atoms with E-state index in [1.54, 1.807) is 13.2 Å². The minimum absolute atomic E-state index is 0. The number of benzene rings is 1. The lowest BCUT2D eigenvalue weighted by atomic mass is 10.1. The SMILES string of the molecule is CN=C(NCCc1ccc(-n2cccn2)cc1)NCc1ncccc1C.I. The molecule has 142 valence electrons. The number of aliphatic imine (C=N–C) groups is 1. The van der Waals surface area contributed by atoms with E-state index in [0.717, 1.165) is 30.3 Å². The zero-order valence-corrected chi connectivity index (χ0v) is 17.9. The average Bonchev–Trinajstić information content (AvgIpc) is 3.21. The molecular formula is C20H25IN6. The lowest BCUT2D eigenvalue weighted by Crippen LogP contribution is -2.38. The summed E-state index contributed by atoms with van der Waals surface area (Å²) in [4.78, 5) is 8.66. The first-order valence-corrected chi connectivity index (χ1v) is 8.70. The number of pyridine rings is 1. The van der Waals surface area contributed by atoms with Gasteiger partial charge in [0.25, 0.3) is 0 Å². The Morgan fingerprint density at radius 1 is 1.07 bits per heavy atom. The highest BCUT2D eigenvalue weighted by molar-refractivity contribution is 14.0. The summed E-state index contributed by atoms with van der Waals surface area (Å²) in [6.07, 6.45) is 6.45. The Bertz CT molecular complexity index is 843. The van der Waals surface area contributed by atoms with Crippen LogP contribution in [0.4, 0.5) is 0 Å². The number of nitrogens with zero attached hydrogens (tertiary/aromatic N) is 4. The summed E-state index contributed by atoms with van der Waals surface area (Å²) >= 11 is 0. The zero-order valence-electron chi connectivity index (χ0n) is 15.6. The fourth-order valence-electron chi connectivity index (χ4n) is 2.65. The first-order chi connectivity index (χ1) is 12.8. The largest absolute Gasteiger partial charge is 0.356 e. The normalized spacial score (nSPS) is 11.0. The zero-order chi connectivity index (χ0) is 18.2. The van der Waals surface area contributed by atoms with E-state index in [0.29, 0.717) is 6.54 Å². The number of guanidine groups is 1. The summed E-state index contributed by atoms with van der Waals surface area (Å²) in [6.45, 7) is 3.53. The maximum Gasteiger partial charge on any atom is 0.191 e. The number of aryl methyl sites for hydroxylation is 1. The molecule has 0 aliphatic rings. The van der Waals surface area contributed by atoms with Gasteiger partial charge in [0.05, 0.1) is 17.9 Å². The van der Waals surface area contributed by atoms with Crippen LogP contribution >= 0.6 is 24.0 Å². The van der Waals surface area contributed by atoms with Gasteiger partial charge in [-0.25, -0.2) is 4.68 Å². The Kier molecular flexibility index (Phi) is 8.25. The van der Waals surface area contributed by atoms with E-state index in [2.05, 4.69) is 63.0 Å². The second-order valence-electron chi connectivity index (χ2n) is 5.99. The van der Waals surface area contributed by atoms with Crippen molar-refractivity contribution in [1.82, 2.24) is 25.4 Å². The highest BCUT2D eigenvalue weighted by Gasteiger charge is 2.02. The van der Waals surface area contributed by atoms with Gasteiger partial charge in [-0.3, -0.25) is 9.98 Å².